The van der Waals surface area contributed by atoms with Crippen LogP contribution < -0.4 is 4.74 Å². The molecule has 1 heterocycles. The Labute approximate surface area is 141 Å². The zero-order chi connectivity index (χ0) is 17.7. The molecule has 1 aliphatic rings. The first-order valence-corrected chi connectivity index (χ1v) is 8.17. The van der Waals surface area contributed by atoms with Crippen LogP contribution in [0.25, 0.3) is 0 Å². The van der Waals surface area contributed by atoms with Gasteiger partial charge in [0.15, 0.2) is 0 Å². The van der Waals surface area contributed by atoms with E-state index in [4.69, 9.17) is 0 Å². The van der Waals surface area contributed by atoms with E-state index >= 15 is 0 Å². The summed E-state index contributed by atoms with van der Waals surface area (Å²) in [6.45, 7) is 1.03. The van der Waals surface area contributed by atoms with Crippen molar-refractivity contribution in [2.75, 3.05) is 26.0 Å². The van der Waals surface area contributed by atoms with Crippen LogP contribution in [0.2, 0.25) is 0 Å². The second kappa shape index (κ2) is 7.78. The van der Waals surface area contributed by atoms with E-state index in [0.717, 1.165) is 18.6 Å². The van der Waals surface area contributed by atoms with Crippen LogP contribution in [0.15, 0.2) is 24.3 Å². The van der Waals surface area contributed by atoms with Gasteiger partial charge in [-0.15, -0.1) is 24.9 Å². The number of carbonyl (C=O) groups is 2. The predicted molar refractivity (Wildman–Crippen MR) is 81.9 cm³/mol. The number of likely N-dealkylation sites (tertiary alicyclic amines) is 1. The molecule has 0 aromatic heterocycles. The first-order chi connectivity index (χ1) is 11.3. The molecular formula is C15H16F3NO4S. The average molecular weight is 363 g/mol. The molecule has 0 unspecified atom stereocenters. The smallest absolute Gasteiger partial charge is 0.468 e. The molecule has 1 aliphatic heterocycles. The van der Waals surface area contributed by atoms with Crippen molar-refractivity contribution in [1.29, 1.82) is 0 Å². The Kier molecular flexibility index (Phi) is 5.98. The summed E-state index contributed by atoms with van der Waals surface area (Å²) < 4.78 is 44.7. The monoisotopic (exact) mass is 363 g/mol. The lowest BCUT2D eigenvalue weighted by molar-refractivity contribution is -0.274. The molecular weight excluding hydrogens is 347 g/mol. The van der Waals surface area contributed by atoms with Crippen molar-refractivity contribution in [3.63, 3.8) is 0 Å². The number of hydrogen-bond acceptors (Lipinski definition) is 5. The molecule has 0 bridgehead atoms. The normalized spacial score (nSPS) is 17.7. The number of hydrogen-bond donors (Lipinski definition) is 0. The number of benzene rings is 1. The Morgan fingerprint density at radius 3 is 2.54 bits per heavy atom. The first kappa shape index (κ1) is 18.4. The number of amides is 1. The second-order valence-corrected chi connectivity index (χ2v) is 6.41. The molecule has 9 heteroatoms. The van der Waals surface area contributed by atoms with Gasteiger partial charge in [0.05, 0.1) is 12.9 Å². The quantitative estimate of drug-likeness (QED) is 0.753. The zero-order valence-corrected chi connectivity index (χ0v) is 13.7. The summed E-state index contributed by atoms with van der Waals surface area (Å²) in [5.74, 6) is -0.709. The van der Waals surface area contributed by atoms with Gasteiger partial charge in [0.2, 0.25) is 0 Å². The minimum absolute atomic E-state index is 0.140. The van der Waals surface area contributed by atoms with Crippen molar-refractivity contribution in [2.24, 2.45) is 0 Å². The maximum Gasteiger partial charge on any atom is 0.573 e. The van der Waals surface area contributed by atoms with Crippen LogP contribution in [0.3, 0.4) is 0 Å². The van der Waals surface area contributed by atoms with Gasteiger partial charge in [-0.1, -0.05) is 0 Å². The van der Waals surface area contributed by atoms with Crippen LogP contribution in [0.1, 0.15) is 16.8 Å². The standard InChI is InChI=1S/C15H16F3NO4S/c1-22-13(20)9-24-12-6-7-19(8-12)14(21)10-2-4-11(5-3-10)23-15(16,17)18/h2-5,12H,6-9H2,1H3/t12-/m1/s1. The van der Waals surface area contributed by atoms with Crippen LogP contribution in [0.5, 0.6) is 5.75 Å². The number of ether oxygens (including phenoxy) is 2. The Bertz CT molecular complexity index is 591. The number of carbonyl (C=O) groups excluding carboxylic acids is 2. The molecule has 132 valence electrons. The second-order valence-electron chi connectivity index (χ2n) is 5.12. The van der Waals surface area contributed by atoms with E-state index in [2.05, 4.69) is 9.47 Å². The van der Waals surface area contributed by atoms with E-state index in [1.165, 1.54) is 31.0 Å². The highest BCUT2D eigenvalue weighted by Gasteiger charge is 2.31. The van der Waals surface area contributed by atoms with Gasteiger partial charge < -0.3 is 14.4 Å². The molecule has 1 saturated heterocycles. The van der Waals surface area contributed by atoms with Crippen molar-refractivity contribution in [1.82, 2.24) is 4.90 Å². The van der Waals surface area contributed by atoms with E-state index in [0.29, 0.717) is 18.7 Å². The van der Waals surface area contributed by atoms with Gasteiger partial charge in [0, 0.05) is 23.9 Å². The average Bonchev–Trinajstić information content (AvgIpc) is 3.00. The van der Waals surface area contributed by atoms with Gasteiger partial charge in [-0.05, 0) is 30.7 Å². The molecule has 2 rings (SSSR count). The number of nitrogens with zero attached hydrogens (tertiary/aromatic N) is 1. The third-order valence-corrected chi connectivity index (χ3v) is 4.69. The highest BCUT2D eigenvalue weighted by molar-refractivity contribution is 8.00. The van der Waals surface area contributed by atoms with Crippen LogP contribution in [0, 0.1) is 0 Å². The molecule has 0 spiro atoms. The lowest BCUT2D eigenvalue weighted by Gasteiger charge is -2.17. The van der Waals surface area contributed by atoms with Crippen molar-refractivity contribution in [3.05, 3.63) is 29.8 Å². The summed E-state index contributed by atoms with van der Waals surface area (Å²) >= 11 is 1.43. The lowest BCUT2D eigenvalue weighted by Crippen LogP contribution is -2.29. The molecule has 1 fully saturated rings. The van der Waals surface area contributed by atoms with Gasteiger partial charge in [-0.3, -0.25) is 9.59 Å². The predicted octanol–water partition coefficient (Wildman–Crippen LogP) is 2.71. The molecule has 0 N–H and O–H groups in total. The first-order valence-electron chi connectivity index (χ1n) is 7.12. The molecule has 1 aromatic rings. The number of methoxy groups -OCH3 is 1. The van der Waals surface area contributed by atoms with E-state index in [-0.39, 0.29) is 28.6 Å². The van der Waals surface area contributed by atoms with Crippen LogP contribution in [-0.4, -0.2) is 54.3 Å². The number of halogens is 3. The largest absolute Gasteiger partial charge is 0.573 e. The fourth-order valence-electron chi connectivity index (χ4n) is 2.28. The van der Waals surface area contributed by atoms with Gasteiger partial charge in [-0.2, -0.15) is 0 Å². The number of alkyl halides is 3. The van der Waals surface area contributed by atoms with Crippen molar-refractivity contribution < 1.29 is 32.2 Å². The minimum atomic E-state index is -4.76. The summed E-state index contributed by atoms with van der Waals surface area (Å²) in [6.07, 6.45) is -4.01. The topological polar surface area (TPSA) is 55.8 Å². The van der Waals surface area contributed by atoms with Gasteiger partial charge in [-0.25, -0.2) is 0 Å². The van der Waals surface area contributed by atoms with Gasteiger partial charge in [0.1, 0.15) is 5.75 Å². The third-order valence-electron chi connectivity index (χ3n) is 3.43. The molecule has 0 aliphatic carbocycles. The Morgan fingerprint density at radius 2 is 1.96 bits per heavy atom. The van der Waals surface area contributed by atoms with Crippen LogP contribution in [0.4, 0.5) is 13.2 Å². The van der Waals surface area contributed by atoms with Crippen molar-refractivity contribution >= 4 is 23.6 Å². The zero-order valence-electron chi connectivity index (χ0n) is 12.8. The SMILES string of the molecule is COC(=O)CS[C@@H]1CCN(C(=O)c2ccc(OC(F)(F)F)cc2)C1. The molecule has 0 saturated carbocycles. The highest BCUT2D eigenvalue weighted by atomic mass is 32.2. The van der Waals surface area contributed by atoms with E-state index in [1.807, 2.05) is 0 Å². The summed E-state index contributed by atoms with van der Waals surface area (Å²) in [5, 5.41) is 0.140. The van der Waals surface area contributed by atoms with Gasteiger partial charge >= 0.3 is 12.3 Å². The van der Waals surface area contributed by atoms with E-state index in [1.54, 1.807) is 4.90 Å². The maximum absolute atomic E-state index is 12.3. The lowest BCUT2D eigenvalue weighted by atomic mass is 10.2. The van der Waals surface area contributed by atoms with Crippen molar-refractivity contribution in [2.45, 2.75) is 18.0 Å². The van der Waals surface area contributed by atoms with Crippen LogP contribution in [-0.2, 0) is 9.53 Å². The van der Waals surface area contributed by atoms with Crippen LogP contribution >= 0.6 is 11.8 Å². The minimum Gasteiger partial charge on any atom is -0.468 e. The molecule has 5 nitrogen and oxygen atoms in total. The number of thioether (sulfide) groups is 1. The summed E-state index contributed by atoms with van der Waals surface area (Å²) in [5.41, 5.74) is 0.295. The maximum atomic E-state index is 12.3. The molecule has 1 atom stereocenters. The number of esters is 1. The van der Waals surface area contributed by atoms with Crippen molar-refractivity contribution in [3.8, 4) is 5.75 Å². The van der Waals surface area contributed by atoms with E-state index in [9.17, 15) is 22.8 Å². The fraction of sp³-hybridized carbons (Fsp3) is 0.467. The van der Waals surface area contributed by atoms with E-state index < -0.39 is 6.36 Å². The third kappa shape index (κ3) is 5.33. The summed E-state index contributed by atoms with van der Waals surface area (Å²) in [6, 6.07) is 4.83. The Balaban J connectivity index is 1.89. The summed E-state index contributed by atoms with van der Waals surface area (Å²) in [7, 11) is 1.32. The molecule has 1 amide bonds. The Morgan fingerprint density at radius 1 is 1.29 bits per heavy atom. The molecule has 0 radical (unpaired) electrons. The fourth-order valence-corrected chi connectivity index (χ4v) is 3.32. The highest BCUT2D eigenvalue weighted by Crippen LogP contribution is 2.26. The number of rotatable bonds is 5. The summed E-state index contributed by atoms with van der Waals surface area (Å²) in [4.78, 5) is 25.1. The Hall–Kier alpha value is -1.90. The molecule has 1 aromatic carbocycles. The van der Waals surface area contributed by atoms with Gasteiger partial charge in [0.25, 0.3) is 5.91 Å². The molecule has 24 heavy (non-hydrogen) atoms.